The molecule has 6 heteroatoms. The molecular formula is C18H16O6. The Morgan fingerprint density at radius 3 is 1.96 bits per heavy atom. The molecule has 2 aromatic carbocycles. The van der Waals surface area contributed by atoms with Crippen LogP contribution in [0.15, 0.2) is 42.5 Å². The highest BCUT2D eigenvalue weighted by molar-refractivity contribution is 6.20. The third-order valence-electron chi connectivity index (χ3n) is 3.39. The van der Waals surface area contributed by atoms with E-state index in [9.17, 15) is 14.7 Å². The molecule has 0 heterocycles. The lowest BCUT2D eigenvalue weighted by Gasteiger charge is -2.10. The minimum absolute atomic E-state index is 0.0547. The maximum atomic E-state index is 11.6. The van der Waals surface area contributed by atoms with Crippen LogP contribution in [0.3, 0.4) is 0 Å². The first-order chi connectivity index (χ1) is 11.5. The quantitative estimate of drug-likeness (QED) is 0.625. The van der Waals surface area contributed by atoms with Crippen LogP contribution in [0.2, 0.25) is 0 Å². The van der Waals surface area contributed by atoms with Crippen LogP contribution >= 0.6 is 0 Å². The standard InChI is InChI=1S/C18H16O6/c1-23-15-8-7-13(10-16(15)24-2)14(18(21)22)9-11-3-5-12(6-4-11)17(19)20/h3-10H,1-2H3,(H,19,20)(H,21,22)/b14-9-. The number of hydrogen-bond acceptors (Lipinski definition) is 4. The Bertz CT molecular complexity index is 790. The molecule has 0 aliphatic rings. The summed E-state index contributed by atoms with van der Waals surface area (Å²) in [6.07, 6.45) is 1.47. The van der Waals surface area contributed by atoms with Crippen LogP contribution < -0.4 is 9.47 Å². The van der Waals surface area contributed by atoms with E-state index in [2.05, 4.69) is 0 Å². The summed E-state index contributed by atoms with van der Waals surface area (Å²) in [5, 5.41) is 18.4. The Morgan fingerprint density at radius 2 is 1.46 bits per heavy atom. The lowest BCUT2D eigenvalue weighted by Crippen LogP contribution is -2.01. The number of carboxylic acids is 2. The Balaban J connectivity index is 2.46. The summed E-state index contributed by atoms with van der Waals surface area (Å²) < 4.78 is 10.3. The van der Waals surface area contributed by atoms with Crippen LogP contribution in [0, 0.1) is 0 Å². The summed E-state index contributed by atoms with van der Waals surface area (Å²) >= 11 is 0. The highest BCUT2D eigenvalue weighted by atomic mass is 16.5. The molecule has 24 heavy (non-hydrogen) atoms. The minimum atomic E-state index is -1.11. The van der Waals surface area contributed by atoms with E-state index < -0.39 is 11.9 Å². The summed E-state index contributed by atoms with van der Waals surface area (Å²) in [6, 6.07) is 10.8. The van der Waals surface area contributed by atoms with Crippen molar-refractivity contribution < 1.29 is 29.3 Å². The summed E-state index contributed by atoms with van der Waals surface area (Å²) in [5.74, 6) is -1.23. The SMILES string of the molecule is COc1ccc(/C(=C/c2ccc(C(=O)O)cc2)C(=O)O)cc1OC. The van der Waals surface area contributed by atoms with Gasteiger partial charge in [-0.15, -0.1) is 0 Å². The molecule has 0 saturated carbocycles. The Morgan fingerprint density at radius 1 is 0.875 bits per heavy atom. The van der Waals surface area contributed by atoms with Crippen molar-refractivity contribution in [2.45, 2.75) is 0 Å². The topological polar surface area (TPSA) is 93.1 Å². The fourth-order valence-electron chi connectivity index (χ4n) is 2.16. The maximum Gasteiger partial charge on any atom is 0.336 e. The molecule has 0 saturated heterocycles. The van der Waals surface area contributed by atoms with E-state index in [1.807, 2.05) is 0 Å². The van der Waals surface area contributed by atoms with Crippen LogP contribution in [-0.2, 0) is 4.79 Å². The van der Waals surface area contributed by atoms with Gasteiger partial charge < -0.3 is 19.7 Å². The molecule has 0 radical (unpaired) electrons. The van der Waals surface area contributed by atoms with E-state index in [1.54, 1.807) is 30.3 Å². The summed E-state index contributed by atoms with van der Waals surface area (Å²) in [6.45, 7) is 0. The lowest BCUT2D eigenvalue weighted by molar-refractivity contribution is -0.130. The molecule has 0 fully saturated rings. The summed E-state index contributed by atoms with van der Waals surface area (Å²) in [4.78, 5) is 22.5. The van der Waals surface area contributed by atoms with Crippen molar-refractivity contribution in [2.24, 2.45) is 0 Å². The molecule has 0 aliphatic carbocycles. The van der Waals surface area contributed by atoms with Crippen molar-refractivity contribution in [3.63, 3.8) is 0 Å². The Kier molecular flexibility index (Phi) is 5.21. The first-order valence-electron chi connectivity index (χ1n) is 6.97. The molecule has 2 rings (SSSR count). The van der Waals surface area contributed by atoms with Gasteiger partial charge in [-0.25, -0.2) is 9.59 Å². The molecule has 0 atom stereocenters. The van der Waals surface area contributed by atoms with Gasteiger partial charge in [-0.05, 0) is 41.5 Å². The second kappa shape index (κ2) is 7.32. The van der Waals surface area contributed by atoms with Gasteiger partial charge in [0.15, 0.2) is 11.5 Å². The minimum Gasteiger partial charge on any atom is -0.493 e. The number of carbonyl (C=O) groups is 2. The number of aromatic carboxylic acids is 1. The van der Waals surface area contributed by atoms with Crippen LogP contribution in [0.4, 0.5) is 0 Å². The van der Waals surface area contributed by atoms with Gasteiger partial charge in [0, 0.05) is 0 Å². The normalized spacial score (nSPS) is 11.0. The zero-order valence-corrected chi connectivity index (χ0v) is 13.1. The molecule has 0 aromatic heterocycles. The van der Waals surface area contributed by atoms with Crippen LogP contribution in [0.25, 0.3) is 11.6 Å². The monoisotopic (exact) mass is 328 g/mol. The van der Waals surface area contributed by atoms with Gasteiger partial charge in [-0.2, -0.15) is 0 Å². The van der Waals surface area contributed by atoms with E-state index in [-0.39, 0.29) is 11.1 Å². The van der Waals surface area contributed by atoms with Crippen molar-refractivity contribution >= 4 is 23.6 Å². The molecule has 2 aromatic rings. The molecule has 0 bridgehead atoms. The van der Waals surface area contributed by atoms with Gasteiger partial charge >= 0.3 is 11.9 Å². The Hall–Kier alpha value is -3.28. The maximum absolute atomic E-state index is 11.6. The van der Waals surface area contributed by atoms with Gasteiger partial charge in [0.1, 0.15) is 0 Å². The number of ether oxygens (including phenoxy) is 2. The zero-order chi connectivity index (χ0) is 17.7. The Labute approximate surface area is 138 Å². The lowest BCUT2D eigenvalue weighted by atomic mass is 10.0. The fraction of sp³-hybridized carbons (Fsp3) is 0.111. The molecule has 124 valence electrons. The first kappa shape index (κ1) is 17.1. The molecule has 0 aliphatic heterocycles. The largest absolute Gasteiger partial charge is 0.493 e. The zero-order valence-electron chi connectivity index (χ0n) is 13.1. The second-order valence-corrected chi connectivity index (χ2v) is 4.86. The van der Waals surface area contributed by atoms with Crippen molar-refractivity contribution in [2.75, 3.05) is 14.2 Å². The molecule has 6 nitrogen and oxygen atoms in total. The number of methoxy groups -OCH3 is 2. The van der Waals surface area contributed by atoms with Gasteiger partial charge in [-0.3, -0.25) is 0 Å². The van der Waals surface area contributed by atoms with E-state index >= 15 is 0 Å². The molecule has 0 spiro atoms. The predicted octanol–water partition coefficient (Wildman–Crippen LogP) is 3.03. The van der Waals surface area contributed by atoms with E-state index in [4.69, 9.17) is 14.6 Å². The van der Waals surface area contributed by atoms with E-state index in [1.165, 1.54) is 32.4 Å². The van der Waals surface area contributed by atoms with Crippen molar-refractivity contribution in [3.8, 4) is 11.5 Å². The predicted molar refractivity (Wildman–Crippen MR) is 88.5 cm³/mol. The van der Waals surface area contributed by atoms with Gasteiger partial charge in [0.25, 0.3) is 0 Å². The van der Waals surface area contributed by atoms with Crippen molar-refractivity contribution in [1.29, 1.82) is 0 Å². The average Bonchev–Trinajstić information content (AvgIpc) is 2.59. The average molecular weight is 328 g/mol. The second-order valence-electron chi connectivity index (χ2n) is 4.86. The third-order valence-corrected chi connectivity index (χ3v) is 3.39. The summed E-state index contributed by atoms with van der Waals surface area (Å²) in [5.41, 5.74) is 1.21. The fourth-order valence-corrected chi connectivity index (χ4v) is 2.16. The van der Waals surface area contributed by atoms with Crippen molar-refractivity contribution in [3.05, 3.63) is 59.2 Å². The number of benzene rings is 2. The number of carboxylic acid groups (broad SMARTS) is 2. The number of rotatable bonds is 6. The molecule has 0 amide bonds. The number of hydrogen-bond donors (Lipinski definition) is 2. The smallest absolute Gasteiger partial charge is 0.336 e. The van der Waals surface area contributed by atoms with E-state index in [0.29, 0.717) is 22.6 Å². The molecular weight excluding hydrogens is 312 g/mol. The van der Waals surface area contributed by atoms with Gasteiger partial charge in [0.2, 0.25) is 0 Å². The van der Waals surface area contributed by atoms with Gasteiger partial charge in [0.05, 0.1) is 25.4 Å². The first-order valence-corrected chi connectivity index (χ1v) is 6.97. The molecule has 0 unspecified atom stereocenters. The summed E-state index contributed by atoms with van der Waals surface area (Å²) in [7, 11) is 2.96. The van der Waals surface area contributed by atoms with Gasteiger partial charge in [-0.1, -0.05) is 18.2 Å². The third kappa shape index (κ3) is 3.73. The van der Waals surface area contributed by atoms with Crippen molar-refractivity contribution in [1.82, 2.24) is 0 Å². The highest BCUT2D eigenvalue weighted by Crippen LogP contribution is 2.31. The number of aliphatic carboxylic acids is 1. The van der Waals surface area contributed by atoms with Crippen LogP contribution in [-0.4, -0.2) is 36.4 Å². The highest BCUT2D eigenvalue weighted by Gasteiger charge is 2.14. The van der Waals surface area contributed by atoms with E-state index in [0.717, 1.165) is 0 Å². The van der Waals surface area contributed by atoms with Crippen LogP contribution in [0.5, 0.6) is 11.5 Å². The molecule has 2 N–H and O–H groups in total. The van der Waals surface area contributed by atoms with Crippen LogP contribution in [0.1, 0.15) is 21.5 Å².